The molecule has 2 atom stereocenters. The SMILES string of the molecule is C[C@@](N)(CO)C(=O)N[C@H](Cc1c[nH]c2ccccc12)C(=O)N1CCC2(CCc3ccccc32)CC1.Cl. The van der Waals surface area contributed by atoms with Gasteiger partial charge < -0.3 is 26.0 Å². The lowest BCUT2D eigenvalue weighted by Crippen LogP contribution is -2.60. The quantitative estimate of drug-likeness (QED) is 0.408. The second kappa shape index (κ2) is 10.2. The molecule has 0 unspecified atom stereocenters. The predicted octanol–water partition coefficient (Wildman–Crippen LogP) is 2.83. The zero-order valence-electron chi connectivity index (χ0n) is 20.6. The van der Waals surface area contributed by atoms with Gasteiger partial charge in [-0.1, -0.05) is 42.5 Å². The summed E-state index contributed by atoms with van der Waals surface area (Å²) in [6, 6.07) is 15.8. The van der Waals surface area contributed by atoms with Gasteiger partial charge in [0.2, 0.25) is 11.8 Å². The van der Waals surface area contributed by atoms with Crippen LogP contribution >= 0.6 is 12.4 Å². The molecule has 192 valence electrons. The fourth-order valence-electron chi connectivity index (χ4n) is 5.77. The molecule has 2 heterocycles. The van der Waals surface area contributed by atoms with Crippen LogP contribution in [0.15, 0.2) is 54.7 Å². The minimum absolute atomic E-state index is 0. The zero-order chi connectivity index (χ0) is 24.6. The number of rotatable bonds is 6. The molecule has 8 heteroatoms. The van der Waals surface area contributed by atoms with Gasteiger partial charge in [-0.25, -0.2) is 0 Å². The average molecular weight is 511 g/mol. The van der Waals surface area contributed by atoms with Crippen molar-refractivity contribution in [3.05, 3.63) is 71.4 Å². The first-order valence-corrected chi connectivity index (χ1v) is 12.5. The Bertz CT molecular complexity index is 1250. The van der Waals surface area contributed by atoms with E-state index in [1.165, 1.54) is 18.1 Å². The number of H-pyrrole nitrogens is 1. The third-order valence-electron chi connectivity index (χ3n) is 8.04. The second-order valence-corrected chi connectivity index (χ2v) is 10.4. The largest absolute Gasteiger partial charge is 0.394 e. The lowest BCUT2D eigenvalue weighted by Gasteiger charge is -2.41. The number of carbonyl (C=O) groups excluding carboxylic acids is 2. The lowest BCUT2D eigenvalue weighted by molar-refractivity contribution is -0.139. The van der Waals surface area contributed by atoms with E-state index in [-0.39, 0.29) is 23.7 Å². The number of aliphatic hydroxyl groups excluding tert-OH is 1. The first-order chi connectivity index (χ1) is 16.8. The molecular weight excluding hydrogens is 476 g/mol. The molecule has 7 nitrogen and oxygen atoms in total. The number of likely N-dealkylation sites (tertiary alicyclic amines) is 1. The van der Waals surface area contributed by atoms with Crippen LogP contribution in [0.2, 0.25) is 0 Å². The van der Waals surface area contributed by atoms with Crippen LogP contribution in [0.4, 0.5) is 0 Å². The first-order valence-electron chi connectivity index (χ1n) is 12.5. The average Bonchev–Trinajstić information content (AvgIpc) is 3.45. The minimum Gasteiger partial charge on any atom is -0.394 e. The molecule has 1 fully saturated rings. The summed E-state index contributed by atoms with van der Waals surface area (Å²) in [5.74, 6) is -0.630. The van der Waals surface area contributed by atoms with Gasteiger partial charge in [-0.2, -0.15) is 0 Å². The van der Waals surface area contributed by atoms with Crippen LogP contribution in [0.1, 0.15) is 42.9 Å². The number of amides is 2. The number of piperidine rings is 1. The maximum atomic E-state index is 13.8. The molecule has 0 bridgehead atoms. The van der Waals surface area contributed by atoms with Crippen molar-refractivity contribution < 1.29 is 14.7 Å². The minimum atomic E-state index is -1.46. The maximum absolute atomic E-state index is 13.8. The molecule has 0 saturated carbocycles. The molecular formula is C28H35ClN4O3. The van der Waals surface area contributed by atoms with Gasteiger partial charge in [0.1, 0.15) is 11.6 Å². The molecule has 2 aromatic carbocycles. The van der Waals surface area contributed by atoms with Crippen LogP contribution in [0.3, 0.4) is 0 Å². The fourth-order valence-corrected chi connectivity index (χ4v) is 5.77. The number of aryl methyl sites for hydroxylation is 1. The second-order valence-electron chi connectivity index (χ2n) is 10.4. The lowest BCUT2D eigenvalue weighted by atomic mass is 9.73. The van der Waals surface area contributed by atoms with Gasteiger partial charge in [0.05, 0.1) is 6.61 Å². The number of hydrogen-bond acceptors (Lipinski definition) is 4. The van der Waals surface area contributed by atoms with Crippen LogP contribution in [-0.2, 0) is 27.8 Å². The summed E-state index contributed by atoms with van der Waals surface area (Å²) in [7, 11) is 0. The summed E-state index contributed by atoms with van der Waals surface area (Å²) < 4.78 is 0. The highest BCUT2D eigenvalue weighted by Crippen LogP contribution is 2.46. The Kier molecular flexibility index (Phi) is 7.46. The Morgan fingerprint density at radius 3 is 2.58 bits per heavy atom. The summed E-state index contributed by atoms with van der Waals surface area (Å²) in [6.07, 6.45) is 6.32. The number of nitrogens with two attached hydrogens (primary N) is 1. The molecule has 3 aromatic rings. The van der Waals surface area contributed by atoms with Crippen molar-refractivity contribution in [1.29, 1.82) is 0 Å². The number of aliphatic hydroxyl groups is 1. The number of fused-ring (bicyclic) bond motifs is 3. The molecule has 1 spiro atoms. The third-order valence-corrected chi connectivity index (χ3v) is 8.04. The highest BCUT2D eigenvalue weighted by molar-refractivity contribution is 5.93. The number of para-hydroxylation sites is 1. The smallest absolute Gasteiger partial charge is 0.245 e. The predicted molar refractivity (Wildman–Crippen MR) is 143 cm³/mol. The Hall–Kier alpha value is -2.87. The Morgan fingerprint density at radius 2 is 1.83 bits per heavy atom. The number of carbonyl (C=O) groups is 2. The third kappa shape index (κ3) is 4.75. The van der Waals surface area contributed by atoms with Crippen molar-refractivity contribution in [1.82, 2.24) is 15.2 Å². The van der Waals surface area contributed by atoms with Crippen molar-refractivity contribution in [2.75, 3.05) is 19.7 Å². The first kappa shape index (κ1) is 26.2. The fraction of sp³-hybridized carbons (Fsp3) is 0.429. The van der Waals surface area contributed by atoms with E-state index in [0.717, 1.165) is 42.1 Å². The van der Waals surface area contributed by atoms with E-state index < -0.39 is 24.1 Å². The van der Waals surface area contributed by atoms with E-state index >= 15 is 0 Å². The van der Waals surface area contributed by atoms with E-state index in [1.54, 1.807) is 0 Å². The molecule has 1 aliphatic carbocycles. The molecule has 1 saturated heterocycles. The molecule has 0 radical (unpaired) electrons. The van der Waals surface area contributed by atoms with Gasteiger partial charge in [0.25, 0.3) is 0 Å². The van der Waals surface area contributed by atoms with Crippen molar-refractivity contribution in [3.8, 4) is 0 Å². The van der Waals surface area contributed by atoms with Crippen molar-refractivity contribution in [2.24, 2.45) is 5.73 Å². The highest BCUT2D eigenvalue weighted by Gasteiger charge is 2.43. The highest BCUT2D eigenvalue weighted by atomic mass is 35.5. The van der Waals surface area contributed by atoms with Gasteiger partial charge in [-0.3, -0.25) is 9.59 Å². The number of nitrogens with zero attached hydrogens (tertiary/aromatic N) is 1. The van der Waals surface area contributed by atoms with Gasteiger partial charge in [0.15, 0.2) is 0 Å². The van der Waals surface area contributed by atoms with Gasteiger partial charge in [0, 0.05) is 36.6 Å². The van der Waals surface area contributed by atoms with Crippen molar-refractivity contribution in [3.63, 3.8) is 0 Å². The number of nitrogens with one attached hydrogen (secondary N) is 2. The van der Waals surface area contributed by atoms with E-state index in [0.29, 0.717) is 19.5 Å². The van der Waals surface area contributed by atoms with E-state index in [9.17, 15) is 14.7 Å². The van der Waals surface area contributed by atoms with Crippen LogP contribution in [0.5, 0.6) is 0 Å². The molecule has 2 amide bonds. The van der Waals surface area contributed by atoms with Crippen LogP contribution < -0.4 is 11.1 Å². The Balaban J connectivity index is 0.00000304. The molecule has 1 aromatic heterocycles. The van der Waals surface area contributed by atoms with Gasteiger partial charge >= 0.3 is 0 Å². The molecule has 2 aliphatic rings. The zero-order valence-corrected chi connectivity index (χ0v) is 21.4. The normalized spacial score (nSPS) is 18.8. The van der Waals surface area contributed by atoms with Crippen molar-refractivity contribution in [2.45, 2.75) is 56.0 Å². The van der Waals surface area contributed by atoms with E-state index in [2.05, 4.69) is 34.6 Å². The topological polar surface area (TPSA) is 111 Å². The van der Waals surface area contributed by atoms with Crippen LogP contribution in [-0.4, -0.2) is 58.1 Å². The summed E-state index contributed by atoms with van der Waals surface area (Å²) in [5.41, 5.74) is 9.49. The van der Waals surface area contributed by atoms with Gasteiger partial charge in [-0.05, 0) is 60.8 Å². The summed E-state index contributed by atoms with van der Waals surface area (Å²) in [4.78, 5) is 31.7. The number of halogens is 1. The number of hydrogen-bond donors (Lipinski definition) is 4. The number of aromatic nitrogens is 1. The molecule has 5 rings (SSSR count). The standard InChI is InChI=1S/C28H34N4O3.ClH/c1-27(29,18-33)26(35)31-24(16-20-17-30-23-9-5-3-7-21(20)23)25(34)32-14-12-28(13-15-32)11-10-19-6-2-4-8-22(19)28;/h2-9,17,24,30,33H,10-16,18,29H2,1H3,(H,31,35);1H/t24-,27-;/m1./s1. The maximum Gasteiger partial charge on any atom is 0.245 e. The monoisotopic (exact) mass is 510 g/mol. The molecule has 36 heavy (non-hydrogen) atoms. The number of benzene rings is 2. The summed E-state index contributed by atoms with van der Waals surface area (Å²) >= 11 is 0. The summed E-state index contributed by atoms with van der Waals surface area (Å²) in [6.45, 7) is 2.29. The van der Waals surface area contributed by atoms with Gasteiger partial charge in [-0.15, -0.1) is 12.4 Å². The molecule has 5 N–H and O–H groups in total. The Morgan fingerprint density at radius 1 is 1.14 bits per heavy atom. The van der Waals surface area contributed by atoms with E-state index in [4.69, 9.17) is 5.73 Å². The number of aromatic amines is 1. The summed E-state index contributed by atoms with van der Waals surface area (Å²) in [5, 5.41) is 13.5. The Labute approximate surface area is 217 Å². The van der Waals surface area contributed by atoms with Crippen molar-refractivity contribution >= 4 is 35.1 Å². The molecule has 1 aliphatic heterocycles. The van der Waals surface area contributed by atoms with Crippen LogP contribution in [0.25, 0.3) is 10.9 Å². The van der Waals surface area contributed by atoms with E-state index in [1.807, 2.05) is 35.4 Å². The van der Waals surface area contributed by atoms with Crippen LogP contribution in [0, 0.1) is 0 Å².